The number of para-hydroxylation sites is 1. The SMILES string of the molecule is C[C@@H](Sc1nc2c(c(=O)[nH]1)CCCC2)C(=O)Nc1nc2ccccc2s1. The van der Waals surface area contributed by atoms with E-state index in [-0.39, 0.29) is 11.5 Å². The molecule has 8 heteroatoms. The number of nitrogens with zero attached hydrogens (tertiary/aromatic N) is 2. The van der Waals surface area contributed by atoms with Gasteiger partial charge in [0.1, 0.15) is 0 Å². The second kappa shape index (κ2) is 7.20. The number of aromatic nitrogens is 3. The molecule has 0 unspecified atom stereocenters. The maximum Gasteiger partial charge on any atom is 0.254 e. The molecule has 0 spiro atoms. The number of benzene rings is 1. The van der Waals surface area contributed by atoms with Crippen LogP contribution in [-0.2, 0) is 17.6 Å². The van der Waals surface area contributed by atoms with Crippen molar-refractivity contribution in [3.8, 4) is 0 Å². The van der Waals surface area contributed by atoms with E-state index in [1.807, 2.05) is 24.3 Å². The number of thioether (sulfide) groups is 1. The number of hydrogen-bond donors (Lipinski definition) is 2. The Kier molecular flexibility index (Phi) is 4.78. The summed E-state index contributed by atoms with van der Waals surface area (Å²) in [5, 5.41) is 3.54. The summed E-state index contributed by atoms with van der Waals surface area (Å²) in [5.74, 6) is -0.158. The summed E-state index contributed by atoms with van der Waals surface area (Å²) >= 11 is 2.71. The molecule has 0 aliphatic heterocycles. The van der Waals surface area contributed by atoms with Crippen LogP contribution >= 0.6 is 23.1 Å². The summed E-state index contributed by atoms with van der Waals surface area (Å²) < 4.78 is 1.03. The van der Waals surface area contributed by atoms with Gasteiger partial charge in [-0.2, -0.15) is 0 Å². The molecule has 2 N–H and O–H groups in total. The minimum atomic E-state index is -0.396. The standard InChI is InChI=1S/C18H18N4O2S2/c1-10(15(23)21-18-20-13-8-4-5-9-14(13)26-18)25-17-19-12-7-3-2-6-11(12)16(24)22-17/h4-5,8-10H,2-3,6-7H2,1H3,(H,19,22,24)(H,20,21,23)/t10-/m1/s1. The fraction of sp³-hybridized carbons (Fsp3) is 0.333. The normalized spacial score (nSPS) is 14.8. The van der Waals surface area contributed by atoms with Crippen molar-refractivity contribution in [3.05, 3.63) is 45.9 Å². The van der Waals surface area contributed by atoms with Gasteiger partial charge in [0, 0.05) is 5.56 Å². The molecule has 134 valence electrons. The number of nitrogens with one attached hydrogen (secondary N) is 2. The van der Waals surface area contributed by atoms with Gasteiger partial charge in [-0.05, 0) is 44.7 Å². The van der Waals surface area contributed by atoms with Crippen LogP contribution in [0.3, 0.4) is 0 Å². The molecule has 2 aromatic heterocycles. The number of carbonyl (C=O) groups is 1. The van der Waals surface area contributed by atoms with E-state index >= 15 is 0 Å². The molecule has 26 heavy (non-hydrogen) atoms. The van der Waals surface area contributed by atoms with Crippen molar-refractivity contribution >= 4 is 44.4 Å². The third kappa shape index (κ3) is 3.52. The highest BCUT2D eigenvalue weighted by Gasteiger charge is 2.20. The minimum Gasteiger partial charge on any atom is -0.301 e. The van der Waals surface area contributed by atoms with E-state index < -0.39 is 5.25 Å². The van der Waals surface area contributed by atoms with Gasteiger partial charge in [0.25, 0.3) is 5.56 Å². The monoisotopic (exact) mass is 386 g/mol. The Balaban J connectivity index is 1.47. The van der Waals surface area contributed by atoms with E-state index in [0.717, 1.165) is 47.2 Å². The van der Waals surface area contributed by atoms with Crippen molar-refractivity contribution in [3.63, 3.8) is 0 Å². The zero-order valence-corrected chi connectivity index (χ0v) is 15.9. The number of thiazole rings is 1. The fourth-order valence-corrected chi connectivity index (χ4v) is 4.67. The van der Waals surface area contributed by atoms with Crippen LogP contribution < -0.4 is 10.9 Å². The maximum absolute atomic E-state index is 12.5. The molecule has 3 aromatic rings. The molecule has 4 rings (SSSR count). The summed E-state index contributed by atoms with van der Waals surface area (Å²) in [4.78, 5) is 36.5. The summed E-state index contributed by atoms with van der Waals surface area (Å²) in [6.45, 7) is 1.80. The van der Waals surface area contributed by atoms with Gasteiger partial charge in [-0.25, -0.2) is 9.97 Å². The van der Waals surface area contributed by atoms with Crippen LogP contribution in [0.5, 0.6) is 0 Å². The molecule has 0 saturated carbocycles. The number of H-pyrrole nitrogens is 1. The predicted octanol–water partition coefficient (Wildman–Crippen LogP) is 3.38. The van der Waals surface area contributed by atoms with Crippen molar-refractivity contribution in [2.45, 2.75) is 43.0 Å². The summed E-state index contributed by atoms with van der Waals surface area (Å²) in [6, 6.07) is 7.76. The minimum absolute atomic E-state index is 0.0732. The number of carbonyl (C=O) groups excluding carboxylic acids is 1. The number of aromatic amines is 1. The Morgan fingerprint density at radius 2 is 2.08 bits per heavy atom. The summed E-state index contributed by atoms with van der Waals surface area (Å²) in [5.41, 5.74) is 2.47. The van der Waals surface area contributed by atoms with E-state index in [9.17, 15) is 9.59 Å². The highest BCUT2D eigenvalue weighted by molar-refractivity contribution is 8.00. The smallest absolute Gasteiger partial charge is 0.254 e. The predicted molar refractivity (Wildman–Crippen MR) is 105 cm³/mol. The first kappa shape index (κ1) is 17.2. The zero-order valence-electron chi connectivity index (χ0n) is 14.2. The van der Waals surface area contributed by atoms with E-state index in [0.29, 0.717) is 10.3 Å². The highest BCUT2D eigenvalue weighted by Crippen LogP contribution is 2.27. The molecule has 1 amide bonds. The van der Waals surface area contributed by atoms with E-state index in [4.69, 9.17) is 0 Å². The third-order valence-electron chi connectivity index (χ3n) is 4.35. The van der Waals surface area contributed by atoms with Crippen LogP contribution in [0.25, 0.3) is 10.2 Å². The number of hydrogen-bond acceptors (Lipinski definition) is 6. The first-order valence-electron chi connectivity index (χ1n) is 8.55. The van der Waals surface area contributed by atoms with Gasteiger partial charge in [0.15, 0.2) is 10.3 Å². The Hall–Kier alpha value is -2.19. The van der Waals surface area contributed by atoms with Crippen molar-refractivity contribution in [2.75, 3.05) is 5.32 Å². The molecule has 1 aliphatic rings. The molecule has 1 aliphatic carbocycles. The lowest BCUT2D eigenvalue weighted by Crippen LogP contribution is -2.25. The largest absolute Gasteiger partial charge is 0.301 e. The Morgan fingerprint density at radius 3 is 2.92 bits per heavy atom. The van der Waals surface area contributed by atoms with Crippen LogP contribution in [0.2, 0.25) is 0 Å². The number of rotatable bonds is 4. The Bertz CT molecular complexity index is 994. The van der Waals surface area contributed by atoms with Crippen molar-refractivity contribution in [1.82, 2.24) is 15.0 Å². The van der Waals surface area contributed by atoms with Gasteiger partial charge in [-0.15, -0.1) is 0 Å². The molecule has 1 aromatic carbocycles. The van der Waals surface area contributed by atoms with Crippen LogP contribution in [0.15, 0.2) is 34.2 Å². The zero-order chi connectivity index (χ0) is 18.1. The number of aryl methyl sites for hydroxylation is 1. The molecular weight excluding hydrogens is 368 g/mol. The molecule has 1 atom stereocenters. The lowest BCUT2D eigenvalue weighted by atomic mass is 9.97. The lowest BCUT2D eigenvalue weighted by molar-refractivity contribution is -0.115. The van der Waals surface area contributed by atoms with Gasteiger partial charge in [0.2, 0.25) is 5.91 Å². The van der Waals surface area contributed by atoms with E-state index in [1.165, 1.54) is 23.1 Å². The topological polar surface area (TPSA) is 87.7 Å². The lowest BCUT2D eigenvalue weighted by Gasteiger charge is -2.15. The molecule has 0 saturated heterocycles. The maximum atomic E-state index is 12.5. The van der Waals surface area contributed by atoms with Crippen molar-refractivity contribution in [1.29, 1.82) is 0 Å². The summed E-state index contributed by atoms with van der Waals surface area (Å²) in [6.07, 6.45) is 3.71. The molecule has 0 bridgehead atoms. The van der Waals surface area contributed by atoms with Crippen LogP contribution in [0.1, 0.15) is 31.0 Å². The molecule has 6 nitrogen and oxygen atoms in total. The first-order valence-corrected chi connectivity index (χ1v) is 10.2. The van der Waals surface area contributed by atoms with Gasteiger partial charge in [-0.3, -0.25) is 9.59 Å². The molecule has 0 radical (unpaired) electrons. The van der Waals surface area contributed by atoms with Crippen LogP contribution in [0, 0.1) is 0 Å². The van der Waals surface area contributed by atoms with E-state index in [2.05, 4.69) is 20.3 Å². The first-order chi connectivity index (χ1) is 12.6. The Morgan fingerprint density at radius 1 is 1.27 bits per heavy atom. The van der Waals surface area contributed by atoms with Gasteiger partial charge in [0.05, 0.1) is 21.2 Å². The van der Waals surface area contributed by atoms with Crippen LogP contribution in [0.4, 0.5) is 5.13 Å². The van der Waals surface area contributed by atoms with Crippen molar-refractivity contribution < 1.29 is 4.79 Å². The fourth-order valence-electron chi connectivity index (χ4n) is 2.99. The van der Waals surface area contributed by atoms with Gasteiger partial charge in [-0.1, -0.05) is 35.2 Å². The van der Waals surface area contributed by atoms with Crippen molar-refractivity contribution in [2.24, 2.45) is 0 Å². The quantitative estimate of drug-likeness (QED) is 0.530. The number of fused-ring (bicyclic) bond motifs is 2. The average Bonchev–Trinajstić information content (AvgIpc) is 3.04. The average molecular weight is 387 g/mol. The third-order valence-corrected chi connectivity index (χ3v) is 6.29. The second-order valence-electron chi connectivity index (χ2n) is 6.24. The van der Waals surface area contributed by atoms with Gasteiger partial charge >= 0.3 is 0 Å². The van der Waals surface area contributed by atoms with Crippen LogP contribution in [-0.4, -0.2) is 26.1 Å². The molecule has 2 heterocycles. The van der Waals surface area contributed by atoms with E-state index in [1.54, 1.807) is 6.92 Å². The molecule has 0 fully saturated rings. The number of amides is 1. The highest BCUT2D eigenvalue weighted by atomic mass is 32.2. The Labute approximate surface area is 158 Å². The number of anilines is 1. The second-order valence-corrected chi connectivity index (χ2v) is 8.60. The van der Waals surface area contributed by atoms with Gasteiger partial charge < -0.3 is 10.3 Å². The molecular formula is C18H18N4O2S2. The summed E-state index contributed by atoms with van der Waals surface area (Å²) in [7, 11) is 0.